The Labute approximate surface area is 172 Å². The summed E-state index contributed by atoms with van der Waals surface area (Å²) in [6.45, 7) is 4.59. The van der Waals surface area contributed by atoms with Crippen LogP contribution in [0.3, 0.4) is 0 Å². The lowest BCUT2D eigenvalue weighted by Crippen LogP contribution is -2.41. The Bertz CT molecular complexity index is 669. The zero-order valence-electron chi connectivity index (χ0n) is 17.5. The van der Waals surface area contributed by atoms with Gasteiger partial charge in [-0.25, -0.2) is 9.59 Å². The van der Waals surface area contributed by atoms with Gasteiger partial charge in [0.2, 0.25) is 5.91 Å². The van der Waals surface area contributed by atoms with E-state index in [0.29, 0.717) is 25.8 Å². The lowest BCUT2D eigenvalue weighted by atomic mass is 10.1. The van der Waals surface area contributed by atoms with Crippen molar-refractivity contribution in [3.8, 4) is 0 Å². The van der Waals surface area contributed by atoms with Gasteiger partial charge in [-0.2, -0.15) is 0 Å². The van der Waals surface area contributed by atoms with Gasteiger partial charge < -0.3 is 20.1 Å². The molecule has 0 fully saturated rings. The van der Waals surface area contributed by atoms with Crippen molar-refractivity contribution in [2.24, 2.45) is 0 Å². The van der Waals surface area contributed by atoms with Gasteiger partial charge in [0.05, 0.1) is 7.11 Å². The number of carbonyl (C=O) groups is 3. The molecule has 1 atom stereocenters. The summed E-state index contributed by atoms with van der Waals surface area (Å²) >= 11 is 0. The van der Waals surface area contributed by atoms with Crippen molar-refractivity contribution in [1.29, 1.82) is 0 Å². The Morgan fingerprint density at radius 3 is 2.45 bits per heavy atom. The third-order valence-electron chi connectivity index (χ3n) is 4.15. The standard InChI is InChI=1S/C22H32N2O5/c1-17(2)13-14-19(21(26)28-3)24-20(25)12-8-5-9-15-23-22(27)29-16-18-10-6-4-7-11-18/h4,6-7,10-11,13,19H,5,8-9,12,14-16H2,1-3H3,(H,23,27)(H,24,25)/t19-/m0/s1. The summed E-state index contributed by atoms with van der Waals surface area (Å²) < 4.78 is 9.87. The van der Waals surface area contributed by atoms with Crippen LogP contribution in [0.15, 0.2) is 42.0 Å². The second kappa shape index (κ2) is 14.2. The average molecular weight is 405 g/mol. The summed E-state index contributed by atoms with van der Waals surface area (Å²) in [6.07, 6.45) is 4.37. The van der Waals surface area contributed by atoms with Crippen LogP contribution in [0.2, 0.25) is 0 Å². The van der Waals surface area contributed by atoms with Gasteiger partial charge in [-0.3, -0.25) is 4.79 Å². The van der Waals surface area contributed by atoms with Gasteiger partial charge in [-0.05, 0) is 38.7 Å². The highest BCUT2D eigenvalue weighted by molar-refractivity contribution is 5.84. The van der Waals surface area contributed by atoms with E-state index in [1.807, 2.05) is 50.3 Å². The first kappa shape index (κ1) is 24.2. The topological polar surface area (TPSA) is 93.7 Å². The fraction of sp³-hybridized carbons (Fsp3) is 0.500. The monoisotopic (exact) mass is 404 g/mol. The van der Waals surface area contributed by atoms with Crippen LogP contribution in [0.25, 0.3) is 0 Å². The number of methoxy groups -OCH3 is 1. The molecular formula is C22H32N2O5. The summed E-state index contributed by atoms with van der Waals surface area (Å²) in [5.74, 6) is -0.633. The molecule has 7 nitrogen and oxygen atoms in total. The predicted octanol–water partition coefficient (Wildman–Crippen LogP) is 3.49. The van der Waals surface area contributed by atoms with E-state index in [0.717, 1.165) is 24.0 Å². The minimum absolute atomic E-state index is 0.183. The minimum Gasteiger partial charge on any atom is -0.467 e. The zero-order valence-corrected chi connectivity index (χ0v) is 17.5. The summed E-state index contributed by atoms with van der Waals surface area (Å²) in [4.78, 5) is 35.4. The van der Waals surface area contributed by atoms with Crippen molar-refractivity contribution in [2.75, 3.05) is 13.7 Å². The van der Waals surface area contributed by atoms with Gasteiger partial charge in [0.25, 0.3) is 0 Å². The Balaban J connectivity index is 2.14. The highest BCUT2D eigenvalue weighted by Crippen LogP contribution is 2.04. The number of unbranched alkanes of at least 4 members (excludes halogenated alkanes) is 2. The molecule has 1 rings (SSSR count). The fourth-order valence-corrected chi connectivity index (χ4v) is 2.53. The number of esters is 1. The second-order valence-electron chi connectivity index (χ2n) is 6.96. The lowest BCUT2D eigenvalue weighted by molar-refractivity contribution is -0.145. The fourth-order valence-electron chi connectivity index (χ4n) is 2.53. The van der Waals surface area contributed by atoms with Gasteiger partial charge in [-0.15, -0.1) is 0 Å². The highest BCUT2D eigenvalue weighted by atomic mass is 16.5. The van der Waals surface area contributed by atoms with Gasteiger partial charge in [0.15, 0.2) is 0 Å². The number of benzene rings is 1. The SMILES string of the molecule is COC(=O)[C@H](CC=C(C)C)NC(=O)CCCCCNC(=O)OCc1ccccc1. The van der Waals surface area contributed by atoms with Crippen LogP contribution in [0.1, 0.15) is 51.5 Å². The summed E-state index contributed by atoms with van der Waals surface area (Å²) in [5.41, 5.74) is 2.01. The van der Waals surface area contributed by atoms with Crippen LogP contribution < -0.4 is 10.6 Å². The molecule has 0 radical (unpaired) electrons. The second-order valence-corrected chi connectivity index (χ2v) is 6.96. The van der Waals surface area contributed by atoms with Crippen molar-refractivity contribution in [2.45, 2.75) is 58.6 Å². The van der Waals surface area contributed by atoms with Gasteiger partial charge >= 0.3 is 12.1 Å². The molecule has 0 aliphatic heterocycles. The predicted molar refractivity (Wildman–Crippen MR) is 111 cm³/mol. The van der Waals surface area contributed by atoms with Crippen LogP contribution in [0, 0.1) is 0 Å². The van der Waals surface area contributed by atoms with Crippen molar-refractivity contribution in [3.05, 3.63) is 47.5 Å². The first-order valence-electron chi connectivity index (χ1n) is 9.87. The number of ether oxygens (including phenoxy) is 2. The summed E-state index contributed by atoms with van der Waals surface area (Å²) in [6, 6.07) is 8.81. The Kier molecular flexibility index (Phi) is 11.9. The van der Waals surface area contributed by atoms with Crippen LogP contribution in [-0.4, -0.2) is 37.7 Å². The van der Waals surface area contributed by atoms with E-state index in [2.05, 4.69) is 10.6 Å². The highest BCUT2D eigenvalue weighted by Gasteiger charge is 2.19. The average Bonchev–Trinajstić information content (AvgIpc) is 2.72. The van der Waals surface area contributed by atoms with E-state index in [4.69, 9.17) is 9.47 Å². The number of carbonyl (C=O) groups excluding carboxylic acids is 3. The van der Waals surface area contributed by atoms with Crippen LogP contribution in [0.5, 0.6) is 0 Å². The third-order valence-corrected chi connectivity index (χ3v) is 4.15. The zero-order chi connectivity index (χ0) is 21.5. The number of allylic oxidation sites excluding steroid dienone is 1. The maximum Gasteiger partial charge on any atom is 0.407 e. The smallest absolute Gasteiger partial charge is 0.407 e. The molecule has 2 amide bonds. The van der Waals surface area contributed by atoms with E-state index in [-0.39, 0.29) is 12.5 Å². The van der Waals surface area contributed by atoms with Crippen molar-refractivity contribution in [3.63, 3.8) is 0 Å². The van der Waals surface area contributed by atoms with Crippen molar-refractivity contribution >= 4 is 18.0 Å². The van der Waals surface area contributed by atoms with E-state index >= 15 is 0 Å². The summed E-state index contributed by atoms with van der Waals surface area (Å²) in [5, 5.41) is 5.41. The third kappa shape index (κ3) is 11.6. The minimum atomic E-state index is -0.663. The molecule has 0 bridgehead atoms. The quantitative estimate of drug-likeness (QED) is 0.316. The molecule has 0 spiro atoms. The normalized spacial score (nSPS) is 11.1. The molecule has 0 saturated carbocycles. The molecule has 0 heterocycles. The number of nitrogens with one attached hydrogen (secondary N) is 2. The number of amides is 2. The molecule has 2 N–H and O–H groups in total. The first-order chi connectivity index (χ1) is 13.9. The van der Waals surface area contributed by atoms with E-state index in [9.17, 15) is 14.4 Å². The molecule has 0 aliphatic rings. The largest absolute Gasteiger partial charge is 0.467 e. The van der Waals surface area contributed by atoms with E-state index in [1.165, 1.54) is 7.11 Å². The molecule has 0 unspecified atom stereocenters. The Morgan fingerprint density at radius 1 is 1.07 bits per heavy atom. The number of hydrogen-bond acceptors (Lipinski definition) is 5. The van der Waals surface area contributed by atoms with E-state index in [1.54, 1.807) is 0 Å². The molecular weight excluding hydrogens is 372 g/mol. The number of alkyl carbamates (subject to hydrolysis) is 1. The van der Waals surface area contributed by atoms with Gasteiger partial charge in [-0.1, -0.05) is 48.4 Å². The van der Waals surface area contributed by atoms with Gasteiger partial charge in [0.1, 0.15) is 12.6 Å². The maximum absolute atomic E-state index is 12.1. The van der Waals surface area contributed by atoms with Crippen LogP contribution in [-0.2, 0) is 25.7 Å². The van der Waals surface area contributed by atoms with Crippen molar-refractivity contribution < 1.29 is 23.9 Å². The Morgan fingerprint density at radius 2 is 1.79 bits per heavy atom. The number of rotatable bonds is 12. The summed E-state index contributed by atoms with van der Waals surface area (Å²) in [7, 11) is 1.31. The van der Waals surface area contributed by atoms with Crippen LogP contribution in [0.4, 0.5) is 4.79 Å². The molecule has 0 saturated heterocycles. The van der Waals surface area contributed by atoms with E-state index < -0.39 is 18.1 Å². The van der Waals surface area contributed by atoms with Gasteiger partial charge in [0, 0.05) is 13.0 Å². The van der Waals surface area contributed by atoms with Crippen molar-refractivity contribution in [1.82, 2.24) is 10.6 Å². The van der Waals surface area contributed by atoms with Crippen LogP contribution >= 0.6 is 0 Å². The molecule has 1 aromatic carbocycles. The molecule has 29 heavy (non-hydrogen) atoms. The Hall–Kier alpha value is -2.83. The molecule has 1 aromatic rings. The lowest BCUT2D eigenvalue weighted by Gasteiger charge is -2.15. The molecule has 0 aliphatic carbocycles. The molecule has 7 heteroatoms. The number of hydrogen-bond donors (Lipinski definition) is 2. The first-order valence-corrected chi connectivity index (χ1v) is 9.87. The maximum atomic E-state index is 12.1. The molecule has 0 aromatic heterocycles. The molecule has 160 valence electrons.